The summed E-state index contributed by atoms with van der Waals surface area (Å²) in [6, 6.07) is 5.56. The summed E-state index contributed by atoms with van der Waals surface area (Å²) in [4.78, 5) is 49.1. The van der Waals surface area contributed by atoms with Gasteiger partial charge in [0.05, 0.1) is 0 Å². The number of hydrogen-bond acceptors (Lipinski definition) is 6. The third-order valence-electron chi connectivity index (χ3n) is 7.01. The average molecular weight is 434 g/mol. The van der Waals surface area contributed by atoms with Gasteiger partial charge in [-0.05, 0) is 62.4 Å². The minimum absolute atomic E-state index is 0.115. The Morgan fingerprint density at radius 1 is 1.12 bits per heavy atom. The highest BCUT2D eigenvalue weighted by atomic mass is 16.2. The van der Waals surface area contributed by atoms with Gasteiger partial charge in [-0.15, -0.1) is 0 Å². The molecular formula is C24H27N5O3. The Kier molecular flexibility index (Phi) is 5.46. The highest BCUT2D eigenvalue weighted by molar-refractivity contribution is 6.05. The van der Waals surface area contributed by atoms with Crippen LogP contribution in [0.3, 0.4) is 0 Å². The van der Waals surface area contributed by atoms with Crippen LogP contribution < -0.4 is 5.32 Å². The molecule has 32 heavy (non-hydrogen) atoms. The Hall–Kier alpha value is -3.13. The number of nitrogens with zero attached hydrogens (tertiary/aromatic N) is 4. The van der Waals surface area contributed by atoms with Crippen molar-refractivity contribution >= 4 is 17.7 Å². The molecular weight excluding hydrogens is 406 g/mol. The molecule has 5 rings (SSSR count). The van der Waals surface area contributed by atoms with Crippen molar-refractivity contribution in [2.24, 2.45) is 0 Å². The number of rotatable bonds is 4. The Balaban J connectivity index is 1.23. The van der Waals surface area contributed by atoms with Crippen LogP contribution in [0.25, 0.3) is 0 Å². The maximum Gasteiger partial charge on any atom is 0.255 e. The first-order valence-corrected chi connectivity index (χ1v) is 11.2. The maximum atomic E-state index is 12.9. The standard InChI is InChI=1S/C24H27N5O3/c1-15-19(11-25-14-26-15)12-28-8-6-16(7-9-28)17-2-3-20-18(10-17)13-29(24(20)32)21-4-5-22(30)27-23(21)31/h2-3,10-11,14,16,21H,4-9,12-13H2,1H3,(H,27,30,31). The van der Waals surface area contributed by atoms with E-state index in [1.54, 1.807) is 11.2 Å². The molecule has 1 aromatic carbocycles. The quantitative estimate of drug-likeness (QED) is 0.741. The number of fused-ring (bicyclic) bond motifs is 1. The van der Waals surface area contributed by atoms with Crippen LogP contribution in [0.4, 0.5) is 0 Å². The predicted molar refractivity (Wildman–Crippen MR) is 117 cm³/mol. The van der Waals surface area contributed by atoms with E-state index < -0.39 is 6.04 Å². The number of imide groups is 1. The van der Waals surface area contributed by atoms with E-state index in [9.17, 15) is 14.4 Å². The molecule has 1 unspecified atom stereocenters. The van der Waals surface area contributed by atoms with Crippen molar-refractivity contribution in [1.82, 2.24) is 25.1 Å². The van der Waals surface area contributed by atoms with Gasteiger partial charge in [-0.1, -0.05) is 12.1 Å². The van der Waals surface area contributed by atoms with Gasteiger partial charge in [0.1, 0.15) is 12.4 Å². The summed E-state index contributed by atoms with van der Waals surface area (Å²) in [5.74, 6) is -0.284. The van der Waals surface area contributed by atoms with E-state index in [1.165, 1.54) is 11.1 Å². The van der Waals surface area contributed by atoms with E-state index >= 15 is 0 Å². The first-order valence-electron chi connectivity index (χ1n) is 11.2. The van der Waals surface area contributed by atoms with E-state index in [0.717, 1.165) is 43.7 Å². The van der Waals surface area contributed by atoms with Gasteiger partial charge in [-0.25, -0.2) is 9.97 Å². The van der Waals surface area contributed by atoms with Crippen LogP contribution in [0.2, 0.25) is 0 Å². The van der Waals surface area contributed by atoms with Crippen molar-refractivity contribution in [2.75, 3.05) is 13.1 Å². The minimum Gasteiger partial charge on any atom is -0.322 e. The Bertz CT molecular complexity index is 1080. The number of benzene rings is 1. The Labute approximate surface area is 187 Å². The summed E-state index contributed by atoms with van der Waals surface area (Å²) < 4.78 is 0. The van der Waals surface area contributed by atoms with Crippen molar-refractivity contribution in [3.05, 3.63) is 58.7 Å². The van der Waals surface area contributed by atoms with Gasteiger partial charge in [-0.2, -0.15) is 0 Å². The number of amides is 3. The average Bonchev–Trinajstić information content (AvgIpc) is 3.11. The van der Waals surface area contributed by atoms with E-state index in [-0.39, 0.29) is 24.1 Å². The van der Waals surface area contributed by atoms with E-state index in [0.29, 0.717) is 24.4 Å². The molecule has 0 aliphatic carbocycles. The molecule has 8 heteroatoms. The number of piperidine rings is 2. The molecule has 3 amide bonds. The molecule has 166 valence electrons. The van der Waals surface area contributed by atoms with Crippen molar-refractivity contribution in [3.63, 3.8) is 0 Å². The highest BCUT2D eigenvalue weighted by Crippen LogP contribution is 2.34. The van der Waals surface area contributed by atoms with Crippen LogP contribution in [0, 0.1) is 6.92 Å². The monoisotopic (exact) mass is 433 g/mol. The largest absolute Gasteiger partial charge is 0.322 e. The van der Waals surface area contributed by atoms with Gasteiger partial charge >= 0.3 is 0 Å². The number of likely N-dealkylation sites (tertiary alicyclic amines) is 1. The minimum atomic E-state index is -0.565. The van der Waals surface area contributed by atoms with Crippen LogP contribution in [0.5, 0.6) is 0 Å². The summed E-state index contributed by atoms with van der Waals surface area (Å²) in [5, 5.41) is 2.36. The maximum absolute atomic E-state index is 12.9. The van der Waals surface area contributed by atoms with Crippen molar-refractivity contribution in [2.45, 2.75) is 57.7 Å². The van der Waals surface area contributed by atoms with Gasteiger partial charge < -0.3 is 4.90 Å². The lowest BCUT2D eigenvalue weighted by molar-refractivity contribution is -0.136. The van der Waals surface area contributed by atoms with Crippen LogP contribution >= 0.6 is 0 Å². The summed E-state index contributed by atoms with van der Waals surface area (Å²) in [6.07, 6.45) is 6.29. The molecule has 0 radical (unpaired) electrons. The van der Waals surface area contributed by atoms with E-state index in [2.05, 4.69) is 32.3 Å². The molecule has 0 bridgehead atoms. The van der Waals surface area contributed by atoms with Gasteiger partial charge in [0.25, 0.3) is 5.91 Å². The number of aryl methyl sites for hydroxylation is 1. The molecule has 2 aromatic rings. The van der Waals surface area contributed by atoms with Crippen molar-refractivity contribution in [1.29, 1.82) is 0 Å². The molecule has 1 atom stereocenters. The lowest BCUT2D eigenvalue weighted by Crippen LogP contribution is -2.52. The zero-order valence-corrected chi connectivity index (χ0v) is 18.2. The Morgan fingerprint density at radius 3 is 2.69 bits per heavy atom. The molecule has 8 nitrogen and oxygen atoms in total. The fourth-order valence-corrected chi connectivity index (χ4v) is 5.09. The van der Waals surface area contributed by atoms with Crippen LogP contribution in [-0.4, -0.2) is 56.6 Å². The lowest BCUT2D eigenvalue weighted by Gasteiger charge is -2.32. The van der Waals surface area contributed by atoms with Crippen LogP contribution in [-0.2, 0) is 22.7 Å². The van der Waals surface area contributed by atoms with Crippen LogP contribution in [0.1, 0.15) is 64.3 Å². The summed E-state index contributed by atoms with van der Waals surface area (Å²) in [7, 11) is 0. The predicted octanol–water partition coefficient (Wildman–Crippen LogP) is 1.93. The fourth-order valence-electron chi connectivity index (χ4n) is 5.09. The van der Waals surface area contributed by atoms with Crippen molar-refractivity contribution < 1.29 is 14.4 Å². The molecule has 2 saturated heterocycles. The smallest absolute Gasteiger partial charge is 0.255 e. The molecule has 1 aromatic heterocycles. The van der Waals surface area contributed by atoms with Gasteiger partial charge in [0, 0.05) is 42.5 Å². The topological polar surface area (TPSA) is 95.5 Å². The molecule has 3 aliphatic rings. The zero-order valence-electron chi connectivity index (χ0n) is 18.2. The lowest BCUT2D eigenvalue weighted by atomic mass is 9.87. The first kappa shape index (κ1) is 20.8. The fraction of sp³-hybridized carbons (Fsp3) is 0.458. The normalized spacial score (nSPS) is 22.2. The number of carbonyl (C=O) groups excluding carboxylic acids is 3. The summed E-state index contributed by atoms with van der Waals surface area (Å²) >= 11 is 0. The van der Waals surface area contributed by atoms with Gasteiger partial charge in [-0.3, -0.25) is 24.6 Å². The second kappa shape index (κ2) is 8.43. The molecule has 1 N–H and O–H groups in total. The Morgan fingerprint density at radius 2 is 1.94 bits per heavy atom. The number of carbonyl (C=O) groups is 3. The summed E-state index contributed by atoms with van der Waals surface area (Å²) in [6.45, 7) is 5.35. The third kappa shape index (κ3) is 3.90. The third-order valence-corrected chi connectivity index (χ3v) is 7.01. The van der Waals surface area contributed by atoms with E-state index in [1.807, 2.05) is 19.2 Å². The molecule has 3 aliphatic heterocycles. The van der Waals surface area contributed by atoms with Crippen LogP contribution in [0.15, 0.2) is 30.7 Å². The van der Waals surface area contributed by atoms with Gasteiger partial charge in [0.15, 0.2) is 0 Å². The van der Waals surface area contributed by atoms with Gasteiger partial charge in [0.2, 0.25) is 11.8 Å². The van der Waals surface area contributed by atoms with Crippen molar-refractivity contribution in [3.8, 4) is 0 Å². The molecule has 0 spiro atoms. The van der Waals surface area contributed by atoms with E-state index in [4.69, 9.17) is 0 Å². The molecule has 0 saturated carbocycles. The number of aromatic nitrogens is 2. The molecule has 4 heterocycles. The highest BCUT2D eigenvalue weighted by Gasteiger charge is 2.39. The number of nitrogens with one attached hydrogen (secondary N) is 1. The zero-order chi connectivity index (χ0) is 22.2. The number of hydrogen-bond donors (Lipinski definition) is 1. The SMILES string of the molecule is Cc1ncncc1CN1CCC(c2ccc3c(c2)CN(C2CCC(=O)NC2=O)C3=O)CC1. The molecule has 2 fully saturated rings. The second-order valence-electron chi connectivity index (χ2n) is 9.00. The first-order chi connectivity index (χ1) is 15.5. The second-order valence-corrected chi connectivity index (χ2v) is 9.00. The summed E-state index contributed by atoms with van der Waals surface area (Å²) in [5.41, 5.74) is 5.13.